The van der Waals surface area contributed by atoms with Gasteiger partial charge in [-0.05, 0) is 36.5 Å². The highest BCUT2D eigenvalue weighted by Gasteiger charge is 2.27. The summed E-state index contributed by atoms with van der Waals surface area (Å²) in [5, 5.41) is 0.787. The fraction of sp³-hybridized carbons (Fsp3) is 0.360. The predicted octanol–water partition coefficient (Wildman–Crippen LogP) is 4.67. The molecule has 0 saturated carbocycles. The molecule has 0 bridgehead atoms. The molecule has 2 aromatic carbocycles. The van der Waals surface area contributed by atoms with Gasteiger partial charge in [0.1, 0.15) is 17.9 Å². The highest BCUT2D eigenvalue weighted by Crippen LogP contribution is 2.28. The smallest absolute Gasteiger partial charge is 0.375 e. The molecule has 1 amide bonds. The molecule has 2 heterocycles. The van der Waals surface area contributed by atoms with Gasteiger partial charge in [0.05, 0.1) is 5.56 Å². The highest BCUT2D eigenvalue weighted by molar-refractivity contribution is 5.96. The standard InChI is InChI=1S/C25H27NO5/c1-17-12-18(2)14-26(13-17)23(27)16-30-25(28)24-21(15-29-19-8-4-3-5-9-19)20-10-6-7-11-22(20)31-24/h3-11,17-18H,12-16H2,1-2H3/t17-,18+. The van der Waals surface area contributed by atoms with Crippen molar-refractivity contribution in [2.24, 2.45) is 11.8 Å². The Labute approximate surface area is 181 Å². The number of likely N-dealkylation sites (tertiary alicyclic amines) is 1. The van der Waals surface area contributed by atoms with Crippen molar-refractivity contribution in [1.82, 2.24) is 4.90 Å². The predicted molar refractivity (Wildman–Crippen MR) is 117 cm³/mol. The molecule has 0 radical (unpaired) electrons. The van der Waals surface area contributed by atoms with Gasteiger partial charge in [-0.1, -0.05) is 50.2 Å². The lowest BCUT2D eigenvalue weighted by atomic mass is 9.92. The number of nitrogens with zero attached hydrogens (tertiary/aromatic N) is 1. The molecule has 3 aromatic rings. The van der Waals surface area contributed by atoms with Crippen LogP contribution in [0.5, 0.6) is 5.75 Å². The second kappa shape index (κ2) is 9.25. The first-order chi connectivity index (χ1) is 15.0. The van der Waals surface area contributed by atoms with Crippen LogP contribution in [0.1, 0.15) is 36.4 Å². The molecule has 6 heteroatoms. The van der Waals surface area contributed by atoms with E-state index in [1.54, 1.807) is 11.0 Å². The minimum atomic E-state index is -0.658. The van der Waals surface area contributed by atoms with E-state index < -0.39 is 5.97 Å². The van der Waals surface area contributed by atoms with Gasteiger partial charge in [0, 0.05) is 18.5 Å². The Bertz CT molecular complexity index is 1050. The van der Waals surface area contributed by atoms with Gasteiger partial charge in [-0.25, -0.2) is 4.79 Å². The van der Waals surface area contributed by atoms with Crippen LogP contribution in [0, 0.1) is 11.8 Å². The molecule has 6 nitrogen and oxygen atoms in total. The van der Waals surface area contributed by atoms with Crippen molar-refractivity contribution in [2.45, 2.75) is 26.9 Å². The van der Waals surface area contributed by atoms with Crippen LogP contribution in [0.15, 0.2) is 59.0 Å². The zero-order valence-corrected chi connectivity index (χ0v) is 17.9. The molecular weight excluding hydrogens is 394 g/mol. The van der Waals surface area contributed by atoms with Gasteiger partial charge >= 0.3 is 5.97 Å². The number of furan rings is 1. The third-order valence-electron chi connectivity index (χ3n) is 5.56. The first-order valence-corrected chi connectivity index (χ1v) is 10.6. The van der Waals surface area contributed by atoms with Crippen LogP contribution >= 0.6 is 0 Å². The molecule has 2 atom stereocenters. The zero-order valence-electron chi connectivity index (χ0n) is 17.9. The summed E-state index contributed by atoms with van der Waals surface area (Å²) in [5.74, 6) is 0.821. The first kappa shape index (κ1) is 21.0. The van der Waals surface area contributed by atoms with Gasteiger partial charge < -0.3 is 18.8 Å². The molecule has 0 spiro atoms. The van der Waals surface area contributed by atoms with E-state index in [4.69, 9.17) is 13.9 Å². The lowest BCUT2D eigenvalue weighted by Gasteiger charge is -2.34. The average molecular weight is 421 g/mol. The summed E-state index contributed by atoms with van der Waals surface area (Å²) in [4.78, 5) is 27.2. The van der Waals surface area contributed by atoms with Gasteiger partial charge in [-0.3, -0.25) is 4.79 Å². The Morgan fingerprint density at radius 3 is 2.42 bits per heavy atom. The van der Waals surface area contributed by atoms with E-state index >= 15 is 0 Å². The molecule has 1 fully saturated rings. The number of rotatable bonds is 6. The van der Waals surface area contributed by atoms with Crippen molar-refractivity contribution in [2.75, 3.05) is 19.7 Å². The molecule has 0 unspecified atom stereocenters. The van der Waals surface area contributed by atoms with Gasteiger partial charge in [0.2, 0.25) is 5.76 Å². The molecule has 1 saturated heterocycles. The average Bonchev–Trinajstić information content (AvgIpc) is 3.14. The molecule has 1 aliphatic rings. The molecule has 0 N–H and O–H groups in total. The minimum absolute atomic E-state index is 0.0744. The van der Waals surface area contributed by atoms with Crippen molar-refractivity contribution in [3.8, 4) is 5.75 Å². The van der Waals surface area contributed by atoms with Crippen molar-refractivity contribution in [1.29, 1.82) is 0 Å². The number of hydrogen-bond donors (Lipinski definition) is 0. The van der Waals surface area contributed by atoms with E-state index in [0.29, 0.717) is 41.8 Å². The van der Waals surface area contributed by atoms with E-state index in [2.05, 4.69) is 13.8 Å². The lowest BCUT2D eigenvalue weighted by molar-refractivity contribution is -0.137. The second-order valence-corrected chi connectivity index (χ2v) is 8.33. The number of carbonyl (C=O) groups is 2. The van der Waals surface area contributed by atoms with Crippen LogP contribution in [-0.2, 0) is 16.1 Å². The number of benzene rings is 2. The van der Waals surface area contributed by atoms with Crippen molar-refractivity contribution in [3.63, 3.8) is 0 Å². The monoisotopic (exact) mass is 421 g/mol. The van der Waals surface area contributed by atoms with Crippen molar-refractivity contribution in [3.05, 3.63) is 65.9 Å². The molecule has 4 rings (SSSR count). The Hall–Kier alpha value is -3.28. The van der Waals surface area contributed by atoms with E-state index in [-0.39, 0.29) is 24.9 Å². The van der Waals surface area contributed by atoms with Crippen LogP contribution in [-0.4, -0.2) is 36.5 Å². The second-order valence-electron chi connectivity index (χ2n) is 8.33. The van der Waals surface area contributed by atoms with E-state index in [1.807, 2.05) is 48.5 Å². The fourth-order valence-corrected chi connectivity index (χ4v) is 4.23. The largest absolute Gasteiger partial charge is 0.489 e. The fourth-order valence-electron chi connectivity index (χ4n) is 4.23. The van der Waals surface area contributed by atoms with E-state index in [9.17, 15) is 9.59 Å². The number of fused-ring (bicyclic) bond motifs is 1. The SMILES string of the molecule is C[C@@H]1C[C@H](C)CN(C(=O)COC(=O)c2oc3ccccc3c2COc2ccccc2)C1. The molecular formula is C25H27NO5. The number of hydrogen-bond acceptors (Lipinski definition) is 5. The highest BCUT2D eigenvalue weighted by atomic mass is 16.5. The van der Waals surface area contributed by atoms with Crippen LogP contribution in [0.2, 0.25) is 0 Å². The number of para-hydroxylation sites is 2. The Morgan fingerprint density at radius 1 is 1.00 bits per heavy atom. The van der Waals surface area contributed by atoms with Crippen molar-refractivity contribution >= 4 is 22.8 Å². The third kappa shape index (κ3) is 4.90. The Balaban J connectivity index is 1.47. The molecule has 1 aliphatic heterocycles. The summed E-state index contributed by atoms with van der Waals surface area (Å²) >= 11 is 0. The van der Waals surface area contributed by atoms with Gasteiger partial charge in [0.15, 0.2) is 6.61 Å². The van der Waals surface area contributed by atoms with Crippen LogP contribution in [0.3, 0.4) is 0 Å². The summed E-state index contributed by atoms with van der Waals surface area (Å²) in [5.41, 5.74) is 1.18. The van der Waals surface area contributed by atoms with E-state index in [0.717, 1.165) is 11.8 Å². The Kier molecular flexibility index (Phi) is 6.26. The van der Waals surface area contributed by atoms with Gasteiger partial charge in [-0.2, -0.15) is 0 Å². The third-order valence-corrected chi connectivity index (χ3v) is 5.56. The number of amides is 1. The minimum Gasteiger partial charge on any atom is -0.489 e. The molecule has 31 heavy (non-hydrogen) atoms. The number of piperidine rings is 1. The number of esters is 1. The maximum atomic E-state index is 12.8. The number of ether oxygens (including phenoxy) is 2. The quantitative estimate of drug-likeness (QED) is 0.541. The first-order valence-electron chi connectivity index (χ1n) is 10.6. The molecule has 1 aromatic heterocycles. The number of carbonyl (C=O) groups excluding carboxylic acids is 2. The summed E-state index contributed by atoms with van der Waals surface area (Å²) in [6, 6.07) is 16.7. The lowest BCUT2D eigenvalue weighted by Crippen LogP contribution is -2.44. The van der Waals surface area contributed by atoms with Crippen LogP contribution < -0.4 is 4.74 Å². The van der Waals surface area contributed by atoms with E-state index in [1.165, 1.54) is 0 Å². The summed E-state index contributed by atoms with van der Waals surface area (Å²) < 4.78 is 17.0. The molecule has 0 aliphatic carbocycles. The topological polar surface area (TPSA) is 69.0 Å². The molecule has 162 valence electrons. The Morgan fingerprint density at radius 2 is 1.68 bits per heavy atom. The summed E-state index contributed by atoms with van der Waals surface area (Å²) in [6.45, 7) is 5.52. The van der Waals surface area contributed by atoms with Crippen molar-refractivity contribution < 1.29 is 23.5 Å². The summed E-state index contributed by atoms with van der Waals surface area (Å²) in [7, 11) is 0. The normalized spacial score (nSPS) is 18.7. The maximum absolute atomic E-state index is 12.8. The maximum Gasteiger partial charge on any atom is 0.375 e. The van der Waals surface area contributed by atoms with Crippen LogP contribution in [0.25, 0.3) is 11.0 Å². The summed E-state index contributed by atoms with van der Waals surface area (Å²) in [6.07, 6.45) is 1.10. The van der Waals surface area contributed by atoms with Gasteiger partial charge in [-0.15, -0.1) is 0 Å². The van der Waals surface area contributed by atoms with Gasteiger partial charge in [0.25, 0.3) is 5.91 Å². The van der Waals surface area contributed by atoms with Crippen LogP contribution in [0.4, 0.5) is 0 Å². The zero-order chi connectivity index (χ0) is 21.8.